The molecule has 1 aromatic rings. The minimum Gasteiger partial charge on any atom is -0.326 e. The van der Waals surface area contributed by atoms with Crippen LogP contribution in [0.15, 0.2) is 24.3 Å². The Hall–Kier alpha value is -1.84. The first-order chi connectivity index (χ1) is 10.2. The minimum absolute atomic E-state index is 0.0271. The summed E-state index contributed by atoms with van der Waals surface area (Å²) in [6, 6.07) is 7.30. The quantitative estimate of drug-likeness (QED) is 0.862. The van der Waals surface area contributed by atoms with Crippen LogP contribution >= 0.6 is 0 Å². The van der Waals surface area contributed by atoms with Gasteiger partial charge in [0.2, 0.25) is 11.8 Å². The van der Waals surface area contributed by atoms with E-state index < -0.39 is 0 Å². The molecule has 0 heterocycles. The van der Waals surface area contributed by atoms with Gasteiger partial charge in [-0.1, -0.05) is 32.3 Å². The van der Waals surface area contributed by atoms with Crippen molar-refractivity contribution in [2.75, 3.05) is 10.6 Å². The van der Waals surface area contributed by atoms with Crippen LogP contribution in [0.3, 0.4) is 0 Å². The second kappa shape index (κ2) is 7.81. The van der Waals surface area contributed by atoms with E-state index in [2.05, 4.69) is 10.6 Å². The number of benzene rings is 1. The maximum atomic E-state index is 12.1. The lowest BCUT2D eigenvalue weighted by Gasteiger charge is -2.20. The lowest BCUT2D eigenvalue weighted by molar-refractivity contribution is -0.117. The summed E-state index contributed by atoms with van der Waals surface area (Å²) in [6.07, 6.45) is 7.17. The second-order valence-electron chi connectivity index (χ2n) is 5.74. The number of nitrogens with one attached hydrogen (secondary N) is 2. The molecule has 0 saturated heterocycles. The fourth-order valence-corrected chi connectivity index (χ4v) is 2.79. The van der Waals surface area contributed by atoms with Gasteiger partial charge in [-0.05, 0) is 37.0 Å². The Morgan fingerprint density at radius 1 is 1.05 bits per heavy atom. The van der Waals surface area contributed by atoms with E-state index in [0.29, 0.717) is 18.8 Å². The Morgan fingerprint density at radius 3 is 2.29 bits per heavy atom. The number of rotatable bonds is 5. The van der Waals surface area contributed by atoms with Crippen LogP contribution < -0.4 is 10.6 Å². The summed E-state index contributed by atoms with van der Waals surface area (Å²) in [7, 11) is 0. The van der Waals surface area contributed by atoms with Crippen LogP contribution in [-0.4, -0.2) is 11.8 Å². The largest absolute Gasteiger partial charge is 0.326 e. The summed E-state index contributed by atoms with van der Waals surface area (Å²) in [5.74, 6) is 0.572. The van der Waals surface area contributed by atoms with Crippen LogP contribution in [0, 0.1) is 5.92 Å². The van der Waals surface area contributed by atoms with E-state index in [1.807, 2.05) is 25.1 Å². The molecule has 21 heavy (non-hydrogen) atoms. The van der Waals surface area contributed by atoms with Crippen molar-refractivity contribution >= 4 is 23.2 Å². The SMILES string of the molecule is CCC(=O)Nc1cccc(NC(=O)CC2CCCCC2)c1. The average Bonchev–Trinajstić information content (AvgIpc) is 2.48. The van der Waals surface area contributed by atoms with Gasteiger partial charge < -0.3 is 10.6 Å². The number of carbonyl (C=O) groups is 2. The molecular weight excluding hydrogens is 264 g/mol. The van der Waals surface area contributed by atoms with Crippen molar-refractivity contribution in [2.24, 2.45) is 5.92 Å². The molecule has 0 spiro atoms. The second-order valence-corrected chi connectivity index (χ2v) is 5.74. The Kier molecular flexibility index (Phi) is 5.78. The third kappa shape index (κ3) is 5.21. The fourth-order valence-electron chi connectivity index (χ4n) is 2.79. The van der Waals surface area contributed by atoms with Crippen molar-refractivity contribution in [3.63, 3.8) is 0 Å². The van der Waals surface area contributed by atoms with E-state index in [4.69, 9.17) is 0 Å². The first kappa shape index (κ1) is 15.5. The van der Waals surface area contributed by atoms with Gasteiger partial charge in [0.05, 0.1) is 0 Å². The zero-order valence-electron chi connectivity index (χ0n) is 12.7. The van der Waals surface area contributed by atoms with Crippen LogP contribution in [0.4, 0.5) is 11.4 Å². The molecule has 1 aliphatic carbocycles. The molecule has 2 N–H and O–H groups in total. The highest BCUT2D eigenvalue weighted by Crippen LogP contribution is 2.26. The highest BCUT2D eigenvalue weighted by Gasteiger charge is 2.17. The smallest absolute Gasteiger partial charge is 0.224 e. The molecule has 1 saturated carbocycles. The summed E-state index contributed by atoms with van der Waals surface area (Å²) in [5, 5.41) is 5.73. The topological polar surface area (TPSA) is 58.2 Å². The van der Waals surface area contributed by atoms with Gasteiger partial charge in [0, 0.05) is 24.2 Å². The Morgan fingerprint density at radius 2 is 1.67 bits per heavy atom. The van der Waals surface area contributed by atoms with Crippen molar-refractivity contribution in [1.29, 1.82) is 0 Å². The van der Waals surface area contributed by atoms with Gasteiger partial charge in [0.25, 0.3) is 0 Å². The number of amides is 2. The normalized spacial score (nSPS) is 15.5. The predicted molar refractivity (Wildman–Crippen MR) is 85.2 cm³/mol. The number of hydrogen-bond donors (Lipinski definition) is 2. The summed E-state index contributed by atoms with van der Waals surface area (Å²) in [6.45, 7) is 1.81. The first-order valence-corrected chi connectivity index (χ1v) is 7.87. The van der Waals surface area contributed by atoms with Crippen LogP contribution in [0.2, 0.25) is 0 Å². The lowest BCUT2D eigenvalue weighted by Crippen LogP contribution is -2.18. The average molecular weight is 288 g/mol. The molecule has 114 valence electrons. The van der Waals surface area contributed by atoms with Crippen LogP contribution in [0.1, 0.15) is 51.9 Å². The Bertz CT molecular complexity index is 493. The zero-order valence-corrected chi connectivity index (χ0v) is 12.7. The van der Waals surface area contributed by atoms with Crippen molar-refractivity contribution in [2.45, 2.75) is 51.9 Å². The van der Waals surface area contributed by atoms with Crippen LogP contribution in [0.25, 0.3) is 0 Å². The molecule has 0 radical (unpaired) electrons. The summed E-state index contributed by atoms with van der Waals surface area (Å²) < 4.78 is 0. The zero-order chi connectivity index (χ0) is 15.1. The monoisotopic (exact) mass is 288 g/mol. The minimum atomic E-state index is -0.0271. The summed E-state index contributed by atoms with van der Waals surface area (Å²) in [5.41, 5.74) is 1.46. The Balaban J connectivity index is 1.87. The highest BCUT2D eigenvalue weighted by molar-refractivity contribution is 5.94. The van der Waals surface area contributed by atoms with Gasteiger partial charge in [0.1, 0.15) is 0 Å². The third-order valence-electron chi connectivity index (χ3n) is 3.95. The van der Waals surface area contributed by atoms with Gasteiger partial charge in [0.15, 0.2) is 0 Å². The summed E-state index contributed by atoms with van der Waals surface area (Å²) >= 11 is 0. The number of hydrogen-bond acceptors (Lipinski definition) is 2. The van der Waals surface area contributed by atoms with Crippen LogP contribution in [-0.2, 0) is 9.59 Å². The van der Waals surface area contributed by atoms with Crippen LogP contribution in [0.5, 0.6) is 0 Å². The molecule has 2 rings (SSSR count). The third-order valence-corrected chi connectivity index (χ3v) is 3.95. The van der Waals surface area contributed by atoms with Gasteiger partial charge in [-0.2, -0.15) is 0 Å². The predicted octanol–water partition coefficient (Wildman–Crippen LogP) is 3.94. The molecule has 0 aliphatic heterocycles. The first-order valence-electron chi connectivity index (χ1n) is 7.87. The van der Waals surface area contributed by atoms with Crippen molar-refractivity contribution in [3.8, 4) is 0 Å². The van der Waals surface area contributed by atoms with Crippen molar-refractivity contribution < 1.29 is 9.59 Å². The van der Waals surface area contributed by atoms with E-state index in [1.165, 1.54) is 32.1 Å². The molecule has 1 fully saturated rings. The number of carbonyl (C=O) groups excluding carboxylic acids is 2. The molecular formula is C17H24N2O2. The molecule has 4 heteroatoms. The lowest BCUT2D eigenvalue weighted by atomic mass is 9.87. The summed E-state index contributed by atoms with van der Waals surface area (Å²) in [4.78, 5) is 23.5. The van der Waals surface area contributed by atoms with E-state index in [1.54, 1.807) is 6.07 Å². The van der Waals surface area contributed by atoms with E-state index >= 15 is 0 Å². The molecule has 0 atom stereocenters. The maximum Gasteiger partial charge on any atom is 0.224 e. The van der Waals surface area contributed by atoms with Crippen molar-refractivity contribution in [1.82, 2.24) is 0 Å². The van der Waals surface area contributed by atoms with E-state index in [-0.39, 0.29) is 11.8 Å². The molecule has 1 aliphatic rings. The molecule has 1 aromatic carbocycles. The molecule has 0 unspecified atom stereocenters. The molecule has 2 amide bonds. The number of anilines is 2. The molecule has 4 nitrogen and oxygen atoms in total. The Labute approximate surface area is 126 Å². The van der Waals surface area contributed by atoms with Gasteiger partial charge >= 0.3 is 0 Å². The van der Waals surface area contributed by atoms with E-state index in [0.717, 1.165) is 11.4 Å². The molecule has 0 bridgehead atoms. The van der Waals surface area contributed by atoms with E-state index in [9.17, 15) is 9.59 Å². The van der Waals surface area contributed by atoms with Crippen molar-refractivity contribution in [3.05, 3.63) is 24.3 Å². The van der Waals surface area contributed by atoms with Gasteiger partial charge in [-0.3, -0.25) is 9.59 Å². The fraction of sp³-hybridized carbons (Fsp3) is 0.529. The van der Waals surface area contributed by atoms with Gasteiger partial charge in [-0.25, -0.2) is 0 Å². The highest BCUT2D eigenvalue weighted by atomic mass is 16.2. The molecule has 0 aromatic heterocycles. The van der Waals surface area contributed by atoms with Gasteiger partial charge in [-0.15, -0.1) is 0 Å². The standard InChI is InChI=1S/C17H24N2O2/c1-2-16(20)18-14-9-6-10-15(12-14)19-17(21)11-13-7-4-3-5-8-13/h6,9-10,12-13H,2-5,7-8,11H2,1H3,(H,18,20)(H,19,21). The maximum absolute atomic E-state index is 12.1.